The van der Waals surface area contributed by atoms with Crippen molar-refractivity contribution < 1.29 is 15.0 Å². The standard InChI is InChI=1S/C35H50N2O3/c1-26(2)23-37(34(40)15-8-4-7-12-27-10-5-3-6-11-27)30-21-33(39)32-25-36(24-28-16-17-28)19-18-35(32,22-30)29-13-9-14-31(38)20-29/h3,5-6,9-11,13-14,20,26,28,30,32-33,38-39H,4,7-8,12,15-19,21-25H2,1-2H3/t30-,32-,33?,35-/m0/s1. The van der Waals surface area contributed by atoms with Gasteiger partial charge in [0.1, 0.15) is 5.75 Å². The van der Waals surface area contributed by atoms with Gasteiger partial charge in [0.05, 0.1) is 6.10 Å². The van der Waals surface area contributed by atoms with Gasteiger partial charge in [-0.15, -0.1) is 0 Å². The summed E-state index contributed by atoms with van der Waals surface area (Å²) in [6.45, 7) is 8.16. The Kier molecular flexibility index (Phi) is 9.53. The van der Waals surface area contributed by atoms with Gasteiger partial charge in [-0.05, 0) is 93.0 Å². The van der Waals surface area contributed by atoms with E-state index in [1.807, 2.05) is 12.1 Å². The number of likely N-dealkylation sites (tertiary alicyclic amines) is 1. The Bertz CT molecular complexity index is 1100. The number of fused-ring (bicyclic) bond motifs is 1. The lowest BCUT2D eigenvalue weighted by atomic mass is 9.56. The van der Waals surface area contributed by atoms with Crippen molar-refractivity contribution in [3.8, 4) is 5.75 Å². The predicted molar refractivity (Wildman–Crippen MR) is 161 cm³/mol. The molecule has 1 unspecified atom stereocenters. The number of carbonyl (C=O) groups is 1. The average Bonchev–Trinajstić information content (AvgIpc) is 3.76. The fraction of sp³-hybridized carbons (Fsp3) is 0.629. The van der Waals surface area contributed by atoms with Gasteiger partial charge in [0.2, 0.25) is 5.91 Å². The molecule has 0 bridgehead atoms. The average molecular weight is 547 g/mol. The second-order valence-corrected chi connectivity index (χ2v) is 13.4. The quantitative estimate of drug-likeness (QED) is 0.313. The summed E-state index contributed by atoms with van der Waals surface area (Å²) in [5.41, 5.74) is 2.26. The van der Waals surface area contributed by atoms with Crippen molar-refractivity contribution in [1.29, 1.82) is 0 Å². The highest BCUT2D eigenvalue weighted by molar-refractivity contribution is 5.76. The van der Waals surface area contributed by atoms with Crippen LogP contribution in [0, 0.1) is 17.8 Å². The van der Waals surface area contributed by atoms with E-state index in [9.17, 15) is 15.0 Å². The summed E-state index contributed by atoms with van der Waals surface area (Å²) in [5, 5.41) is 22.2. The van der Waals surface area contributed by atoms with E-state index in [0.717, 1.165) is 76.2 Å². The zero-order valence-electron chi connectivity index (χ0n) is 24.7. The van der Waals surface area contributed by atoms with Crippen molar-refractivity contribution in [2.75, 3.05) is 26.2 Å². The number of aromatic hydroxyl groups is 1. The Morgan fingerprint density at radius 3 is 2.60 bits per heavy atom. The van der Waals surface area contributed by atoms with Crippen molar-refractivity contribution in [3.05, 3.63) is 65.7 Å². The Labute approximate surface area is 241 Å². The molecule has 1 heterocycles. The first kappa shape index (κ1) is 29.1. The lowest BCUT2D eigenvalue weighted by Gasteiger charge is -2.56. The third-order valence-corrected chi connectivity index (χ3v) is 9.77. The first-order valence-corrected chi connectivity index (χ1v) is 15.9. The van der Waals surface area contributed by atoms with Crippen LogP contribution in [-0.4, -0.2) is 64.2 Å². The van der Waals surface area contributed by atoms with E-state index in [1.54, 1.807) is 6.07 Å². The molecule has 3 fully saturated rings. The molecule has 0 radical (unpaired) electrons. The number of piperidine rings is 1. The fourth-order valence-corrected chi connectivity index (χ4v) is 7.56. The van der Waals surface area contributed by atoms with Crippen molar-refractivity contribution in [1.82, 2.24) is 9.80 Å². The molecule has 40 heavy (non-hydrogen) atoms. The first-order chi connectivity index (χ1) is 19.3. The van der Waals surface area contributed by atoms with E-state index in [1.165, 1.54) is 18.4 Å². The van der Waals surface area contributed by atoms with Gasteiger partial charge in [-0.3, -0.25) is 4.79 Å². The van der Waals surface area contributed by atoms with Crippen molar-refractivity contribution >= 4 is 5.91 Å². The van der Waals surface area contributed by atoms with Crippen molar-refractivity contribution in [3.63, 3.8) is 0 Å². The molecule has 4 atom stereocenters. The molecule has 5 heteroatoms. The maximum Gasteiger partial charge on any atom is 0.222 e. The van der Waals surface area contributed by atoms with Gasteiger partial charge in [-0.1, -0.05) is 62.7 Å². The highest BCUT2D eigenvalue weighted by Gasteiger charge is 2.53. The maximum absolute atomic E-state index is 13.7. The van der Waals surface area contributed by atoms with E-state index >= 15 is 0 Å². The number of phenolic OH excluding ortho intramolecular Hbond substituents is 1. The number of aliphatic hydroxyl groups is 1. The Hall–Kier alpha value is -2.37. The number of nitrogens with zero attached hydrogens (tertiary/aromatic N) is 2. The minimum atomic E-state index is -0.462. The SMILES string of the molecule is CC(C)CN(C(=O)CCCCCc1ccccc1)[C@H]1CC(O)[C@@H]2CN(CC3CC3)CC[C@@]2(c2cccc(O)c2)C1. The summed E-state index contributed by atoms with van der Waals surface area (Å²) in [6.07, 6.45) is 9.38. The third kappa shape index (κ3) is 7.09. The molecular formula is C35H50N2O3. The predicted octanol–water partition coefficient (Wildman–Crippen LogP) is 6.17. The van der Waals surface area contributed by atoms with Crippen LogP contribution in [0.4, 0.5) is 0 Å². The Morgan fingerprint density at radius 1 is 1.07 bits per heavy atom. The fourth-order valence-electron chi connectivity index (χ4n) is 7.56. The molecule has 2 aromatic carbocycles. The lowest BCUT2D eigenvalue weighted by molar-refractivity contribution is -0.139. The highest BCUT2D eigenvalue weighted by Crippen LogP contribution is 2.51. The molecular weight excluding hydrogens is 496 g/mol. The van der Waals surface area contributed by atoms with E-state index in [4.69, 9.17) is 0 Å². The van der Waals surface area contributed by atoms with Crippen LogP contribution in [-0.2, 0) is 16.6 Å². The van der Waals surface area contributed by atoms with E-state index in [-0.39, 0.29) is 29.0 Å². The van der Waals surface area contributed by atoms with E-state index in [2.05, 4.69) is 60.0 Å². The molecule has 2 N–H and O–H groups in total. The highest BCUT2D eigenvalue weighted by atomic mass is 16.3. The molecule has 0 aromatic heterocycles. The van der Waals surface area contributed by atoms with Gasteiger partial charge in [0, 0.05) is 43.4 Å². The van der Waals surface area contributed by atoms with Crippen LogP contribution in [0.2, 0.25) is 0 Å². The molecule has 1 aliphatic heterocycles. The minimum Gasteiger partial charge on any atom is -0.508 e. The van der Waals surface area contributed by atoms with Gasteiger partial charge >= 0.3 is 0 Å². The molecule has 0 spiro atoms. The number of rotatable bonds is 12. The number of phenols is 1. The van der Waals surface area contributed by atoms with Crippen LogP contribution in [0.25, 0.3) is 0 Å². The van der Waals surface area contributed by atoms with Crippen LogP contribution in [0.3, 0.4) is 0 Å². The normalized spacial score (nSPS) is 26.9. The van der Waals surface area contributed by atoms with Gasteiger partial charge in [0.25, 0.3) is 0 Å². The van der Waals surface area contributed by atoms with Crippen molar-refractivity contribution in [2.24, 2.45) is 17.8 Å². The molecule has 3 aliphatic rings. The summed E-state index contributed by atoms with van der Waals surface area (Å²) >= 11 is 0. The molecule has 2 aliphatic carbocycles. The van der Waals surface area contributed by atoms with E-state index in [0.29, 0.717) is 18.8 Å². The summed E-state index contributed by atoms with van der Waals surface area (Å²) in [4.78, 5) is 18.4. The largest absolute Gasteiger partial charge is 0.508 e. The van der Waals surface area contributed by atoms with Gasteiger partial charge < -0.3 is 20.0 Å². The van der Waals surface area contributed by atoms with Crippen molar-refractivity contribution in [2.45, 2.75) is 95.6 Å². The molecule has 1 amide bonds. The Balaban J connectivity index is 1.29. The van der Waals surface area contributed by atoms with E-state index < -0.39 is 6.10 Å². The number of aryl methyl sites for hydroxylation is 1. The summed E-state index contributed by atoms with van der Waals surface area (Å²) in [5.74, 6) is 1.84. The van der Waals surface area contributed by atoms with Gasteiger partial charge in [-0.2, -0.15) is 0 Å². The lowest BCUT2D eigenvalue weighted by Crippen LogP contribution is -2.61. The number of carbonyl (C=O) groups excluding carboxylic acids is 1. The molecule has 5 rings (SSSR count). The van der Waals surface area contributed by atoms with Crippen LogP contribution in [0.15, 0.2) is 54.6 Å². The second-order valence-electron chi connectivity index (χ2n) is 13.4. The van der Waals surface area contributed by atoms with Gasteiger partial charge in [-0.25, -0.2) is 0 Å². The molecule has 5 nitrogen and oxygen atoms in total. The summed E-state index contributed by atoms with van der Waals surface area (Å²) < 4.78 is 0. The number of aliphatic hydroxyl groups excluding tert-OH is 1. The Morgan fingerprint density at radius 2 is 1.88 bits per heavy atom. The van der Waals surface area contributed by atoms with Crippen LogP contribution >= 0.6 is 0 Å². The molecule has 218 valence electrons. The smallest absolute Gasteiger partial charge is 0.222 e. The molecule has 2 saturated carbocycles. The minimum absolute atomic E-state index is 0.0165. The van der Waals surface area contributed by atoms with Crippen LogP contribution in [0.1, 0.15) is 82.8 Å². The number of benzene rings is 2. The first-order valence-electron chi connectivity index (χ1n) is 15.9. The molecule has 2 aromatic rings. The van der Waals surface area contributed by atoms with Crippen LogP contribution in [0.5, 0.6) is 5.75 Å². The summed E-state index contributed by atoms with van der Waals surface area (Å²) in [6, 6.07) is 18.3. The third-order valence-electron chi connectivity index (χ3n) is 9.77. The number of hydrogen-bond acceptors (Lipinski definition) is 4. The zero-order chi connectivity index (χ0) is 28.1. The second kappa shape index (κ2) is 13.1. The topological polar surface area (TPSA) is 64.0 Å². The number of amides is 1. The maximum atomic E-state index is 13.7. The molecule has 1 saturated heterocycles. The van der Waals surface area contributed by atoms with Crippen LogP contribution < -0.4 is 0 Å². The number of unbranched alkanes of at least 4 members (excludes halogenated alkanes) is 2. The van der Waals surface area contributed by atoms with Gasteiger partial charge in [0.15, 0.2) is 0 Å². The number of hydrogen-bond donors (Lipinski definition) is 2. The monoisotopic (exact) mass is 546 g/mol. The zero-order valence-corrected chi connectivity index (χ0v) is 24.7. The summed E-state index contributed by atoms with van der Waals surface area (Å²) in [7, 11) is 0.